The molecule has 1 aromatic rings. The average molecular weight is 319 g/mol. The molecule has 1 rings (SSSR count). The molecule has 0 saturated heterocycles. The van der Waals surface area contributed by atoms with Crippen molar-refractivity contribution in [3.8, 4) is 5.75 Å². The number of rotatable bonds is 6. The van der Waals surface area contributed by atoms with E-state index in [0.29, 0.717) is 12.5 Å². The van der Waals surface area contributed by atoms with Crippen LogP contribution in [0.25, 0.3) is 0 Å². The van der Waals surface area contributed by atoms with Gasteiger partial charge in [0, 0.05) is 0 Å². The molecule has 0 aliphatic carbocycles. The first-order valence-electron chi connectivity index (χ1n) is 5.81. The molecule has 5 heteroatoms. The SMILES string of the molecule is CCCC(C)COc1ccc(C(=O)O)c(Br)c1F. The van der Waals surface area contributed by atoms with Gasteiger partial charge < -0.3 is 9.84 Å². The van der Waals surface area contributed by atoms with E-state index in [1.54, 1.807) is 0 Å². The van der Waals surface area contributed by atoms with E-state index in [0.717, 1.165) is 12.8 Å². The maximum absolute atomic E-state index is 13.8. The second kappa shape index (κ2) is 6.73. The summed E-state index contributed by atoms with van der Waals surface area (Å²) in [5, 5.41) is 8.83. The van der Waals surface area contributed by atoms with Crippen LogP contribution < -0.4 is 4.74 Å². The maximum Gasteiger partial charge on any atom is 0.336 e. The van der Waals surface area contributed by atoms with Crippen LogP contribution in [-0.4, -0.2) is 17.7 Å². The number of aromatic carboxylic acids is 1. The van der Waals surface area contributed by atoms with Crippen LogP contribution >= 0.6 is 15.9 Å². The molecular weight excluding hydrogens is 303 g/mol. The predicted octanol–water partition coefficient (Wildman–Crippen LogP) is 4.10. The van der Waals surface area contributed by atoms with Gasteiger partial charge in [0.1, 0.15) is 0 Å². The number of benzene rings is 1. The molecule has 0 aliphatic rings. The summed E-state index contributed by atoms with van der Waals surface area (Å²) in [6.07, 6.45) is 2.06. The second-order valence-electron chi connectivity index (χ2n) is 4.25. The molecule has 0 aliphatic heterocycles. The summed E-state index contributed by atoms with van der Waals surface area (Å²) < 4.78 is 19.1. The van der Waals surface area contributed by atoms with Gasteiger partial charge in [0.15, 0.2) is 11.6 Å². The van der Waals surface area contributed by atoms with E-state index in [4.69, 9.17) is 9.84 Å². The third-order valence-electron chi connectivity index (χ3n) is 2.58. The lowest BCUT2D eigenvalue weighted by atomic mass is 10.1. The first-order chi connectivity index (χ1) is 8.47. The van der Waals surface area contributed by atoms with Crippen LogP contribution in [-0.2, 0) is 0 Å². The number of hydrogen-bond acceptors (Lipinski definition) is 2. The average Bonchev–Trinajstić information content (AvgIpc) is 2.31. The standard InChI is InChI=1S/C13H16BrFO3/c1-3-4-8(2)7-18-10-6-5-9(13(16)17)11(14)12(10)15/h5-6,8H,3-4,7H2,1-2H3,(H,16,17). The zero-order valence-electron chi connectivity index (χ0n) is 10.4. The van der Waals surface area contributed by atoms with Crippen LogP contribution in [0.1, 0.15) is 37.0 Å². The van der Waals surface area contributed by atoms with E-state index in [1.807, 2.05) is 6.92 Å². The Morgan fingerprint density at radius 2 is 2.22 bits per heavy atom. The number of ether oxygens (including phenoxy) is 1. The number of carboxylic acid groups (broad SMARTS) is 1. The van der Waals surface area contributed by atoms with Crippen LogP contribution in [0.3, 0.4) is 0 Å². The molecule has 1 unspecified atom stereocenters. The molecule has 0 bridgehead atoms. The van der Waals surface area contributed by atoms with Crippen molar-refractivity contribution in [2.45, 2.75) is 26.7 Å². The molecule has 0 radical (unpaired) electrons. The van der Waals surface area contributed by atoms with E-state index in [-0.39, 0.29) is 15.8 Å². The Morgan fingerprint density at radius 1 is 1.56 bits per heavy atom. The normalized spacial score (nSPS) is 12.2. The minimum Gasteiger partial charge on any atom is -0.490 e. The first-order valence-corrected chi connectivity index (χ1v) is 6.60. The zero-order chi connectivity index (χ0) is 13.7. The molecule has 1 aromatic carbocycles. The van der Waals surface area contributed by atoms with E-state index in [2.05, 4.69) is 22.9 Å². The van der Waals surface area contributed by atoms with Crippen LogP contribution in [0, 0.1) is 11.7 Å². The Balaban J connectivity index is 2.79. The van der Waals surface area contributed by atoms with E-state index in [1.165, 1.54) is 12.1 Å². The molecular formula is C13H16BrFO3. The fourth-order valence-corrected chi connectivity index (χ4v) is 2.11. The quantitative estimate of drug-likeness (QED) is 0.858. The van der Waals surface area contributed by atoms with Gasteiger partial charge >= 0.3 is 5.97 Å². The van der Waals surface area contributed by atoms with Gasteiger partial charge in [-0.1, -0.05) is 20.3 Å². The van der Waals surface area contributed by atoms with Gasteiger partial charge in [0.25, 0.3) is 0 Å². The number of carbonyl (C=O) groups is 1. The first kappa shape index (κ1) is 15.0. The molecule has 0 saturated carbocycles. The summed E-state index contributed by atoms with van der Waals surface area (Å²) >= 11 is 2.93. The highest BCUT2D eigenvalue weighted by Gasteiger charge is 2.17. The number of hydrogen-bond donors (Lipinski definition) is 1. The van der Waals surface area contributed by atoms with E-state index >= 15 is 0 Å². The summed E-state index contributed by atoms with van der Waals surface area (Å²) in [6, 6.07) is 2.68. The smallest absolute Gasteiger partial charge is 0.336 e. The lowest BCUT2D eigenvalue weighted by molar-refractivity contribution is 0.0695. The number of halogens is 2. The predicted molar refractivity (Wildman–Crippen MR) is 70.6 cm³/mol. The summed E-state index contributed by atoms with van der Waals surface area (Å²) in [6.45, 7) is 4.53. The minimum absolute atomic E-state index is 0.0735. The van der Waals surface area contributed by atoms with Crippen molar-refractivity contribution in [1.82, 2.24) is 0 Å². The van der Waals surface area contributed by atoms with Crippen molar-refractivity contribution in [2.75, 3.05) is 6.61 Å². The third-order valence-corrected chi connectivity index (χ3v) is 3.36. The van der Waals surface area contributed by atoms with Gasteiger partial charge in [-0.15, -0.1) is 0 Å². The van der Waals surface area contributed by atoms with Crippen LogP contribution in [0.2, 0.25) is 0 Å². The van der Waals surface area contributed by atoms with Crippen molar-refractivity contribution in [3.05, 3.63) is 28.0 Å². The van der Waals surface area contributed by atoms with Crippen molar-refractivity contribution < 1.29 is 19.0 Å². The monoisotopic (exact) mass is 318 g/mol. The van der Waals surface area contributed by atoms with Crippen LogP contribution in [0.15, 0.2) is 16.6 Å². The van der Waals surface area contributed by atoms with Gasteiger partial charge in [-0.2, -0.15) is 0 Å². The van der Waals surface area contributed by atoms with Crippen molar-refractivity contribution in [2.24, 2.45) is 5.92 Å². The molecule has 0 aromatic heterocycles. The van der Waals surface area contributed by atoms with Crippen molar-refractivity contribution in [1.29, 1.82) is 0 Å². The summed E-state index contributed by atoms with van der Waals surface area (Å²) in [5.41, 5.74) is -0.110. The van der Waals surface area contributed by atoms with Gasteiger partial charge in [-0.05, 0) is 40.4 Å². The van der Waals surface area contributed by atoms with Gasteiger partial charge in [-0.25, -0.2) is 9.18 Å². The lowest BCUT2D eigenvalue weighted by Gasteiger charge is -2.13. The highest BCUT2D eigenvalue weighted by Crippen LogP contribution is 2.29. The maximum atomic E-state index is 13.8. The van der Waals surface area contributed by atoms with Gasteiger partial charge in [0.05, 0.1) is 16.6 Å². The second-order valence-corrected chi connectivity index (χ2v) is 5.04. The highest BCUT2D eigenvalue weighted by atomic mass is 79.9. The molecule has 0 spiro atoms. The molecule has 0 heterocycles. The van der Waals surface area contributed by atoms with E-state index in [9.17, 15) is 9.18 Å². The highest BCUT2D eigenvalue weighted by molar-refractivity contribution is 9.10. The molecule has 18 heavy (non-hydrogen) atoms. The molecule has 1 atom stereocenters. The molecule has 0 amide bonds. The third kappa shape index (κ3) is 3.70. The molecule has 1 N–H and O–H groups in total. The minimum atomic E-state index is -1.17. The summed E-state index contributed by atoms with van der Waals surface area (Å²) in [5.74, 6) is -1.42. The van der Waals surface area contributed by atoms with Gasteiger partial charge in [0.2, 0.25) is 0 Å². The Labute approximate surface area is 114 Å². The Kier molecular flexibility index (Phi) is 5.59. The van der Waals surface area contributed by atoms with Crippen molar-refractivity contribution >= 4 is 21.9 Å². The Hall–Kier alpha value is -1.10. The molecule has 100 valence electrons. The Morgan fingerprint density at radius 3 is 2.78 bits per heavy atom. The lowest BCUT2D eigenvalue weighted by Crippen LogP contribution is -2.10. The van der Waals surface area contributed by atoms with Crippen LogP contribution in [0.5, 0.6) is 5.75 Å². The Bertz CT molecular complexity index is 434. The molecule has 3 nitrogen and oxygen atoms in total. The topological polar surface area (TPSA) is 46.5 Å². The summed E-state index contributed by atoms with van der Waals surface area (Å²) in [7, 11) is 0. The van der Waals surface area contributed by atoms with Gasteiger partial charge in [-0.3, -0.25) is 0 Å². The van der Waals surface area contributed by atoms with E-state index < -0.39 is 11.8 Å². The fourth-order valence-electron chi connectivity index (χ4n) is 1.62. The van der Waals surface area contributed by atoms with Crippen molar-refractivity contribution in [3.63, 3.8) is 0 Å². The van der Waals surface area contributed by atoms with Crippen LogP contribution in [0.4, 0.5) is 4.39 Å². The molecule has 0 fully saturated rings. The fraction of sp³-hybridized carbons (Fsp3) is 0.462. The zero-order valence-corrected chi connectivity index (χ0v) is 12.0. The largest absolute Gasteiger partial charge is 0.490 e. The number of carboxylic acids is 1. The summed E-state index contributed by atoms with van der Waals surface area (Å²) in [4.78, 5) is 10.8.